The molecule has 3 aliphatic heterocycles. The van der Waals surface area contributed by atoms with Crippen molar-refractivity contribution < 1.29 is 9.21 Å². The minimum atomic E-state index is -0.141. The number of piperidine rings is 3. The van der Waals surface area contributed by atoms with Gasteiger partial charge in [0.1, 0.15) is 5.82 Å². The minimum absolute atomic E-state index is 0.141. The Morgan fingerprint density at radius 3 is 2.80 bits per heavy atom. The second-order valence-electron chi connectivity index (χ2n) is 8.32. The lowest BCUT2D eigenvalue weighted by Crippen LogP contribution is -2.56. The molecule has 3 aliphatic rings. The summed E-state index contributed by atoms with van der Waals surface area (Å²) >= 11 is 0. The molecule has 3 aromatic rings. The Kier molecular flexibility index (Phi) is 5.09. The van der Waals surface area contributed by atoms with Crippen molar-refractivity contribution in [3.8, 4) is 11.3 Å². The molecule has 3 fully saturated rings. The van der Waals surface area contributed by atoms with Gasteiger partial charge >= 0.3 is 0 Å². The summed E-state index contributed by atoms with van der Waals surface area (Å²) in [7, 11) is 0. The maximum atomic E-state index is 12.2. The van der Waals surface area contributed by atoms with E-state index >= 15 is 0 Å². The number of fused-ring (bicyclic) bond motifs is 3. The third kappa shape index (κ3) is 3.75. The van der Waals surface area contributed by atoms with Crippen molar-refractivity contribution in [2.75, 3.05) is 19.6 Å². The largest absolute Gasteiger partial charge is 0.459 e. The summed E-state index contributed by atoms with van der Waals surface area (Å²) in [4.78, 5) is 24.2. The number of benzene rings is 1. The van der Waals surface area contributed by atoms with Crippen molar-refractivity contribution in [3.63, 3.8) is 0 Å². The Balaban J connectivity index is 1.29. The van der Waals surface area contributed by atoms with Crippen LogP contribution in [0.5, 0.6) is 0 Å². The van der Waals surface area contributed by atoms with Crippen LogP contribution in [0.1, 0.15) is 40.8 Å². The molecule has 0 saturated carbocycles. The van der Waals surface area contributed by atoms with Crippen molar-refractivity contribution in [1.29, 1.82) is 0 Å². The van der Waals surface area contributed by atoms with Gasteiger partial charge in [-0.15, -0.1) is 0 Å². The summed E-state index contributed by atoms with van der Waals surface area (Å²) in [5, 5.41) is 3.03. The summed E-state index contributed by atoms with van der Waals surface area (Å²) in [6.07, 6.45) is 3.78. The number of aryl methyl sites for hydroxylation is 1. The van der Waals surface area contributed by atoms with Crippen LogP contribution in [-0.2, 0) is 0 Å². The lowest BCUT2D eigenvalue weighted by atomic mass is 9.74. The fourth-order valence-corrected chi connectivity index (χ4v) is 4.93. The molecular weight excluding hydrogens is 376 g/mol. The summed E-state index contributed by atoms with van der Waals surface area (Å²) < 4.78 is 5.19. The lowest BCUT2D eigenvalue weighted by Gasteiger charge is -2.49. The van der Waals surface area contributed by atoms with E-state index in [-0.39, 0.29) is 5.91 Å². The summed E-state index contributed by atoms with van der Waals surface area (Å²) in [5.74, 6) is 2.05. The number of aromatic nitrogens is 2. The van der Waals surface area contributed by atoms with Crippen LogP contribution < -0.4 is 5.32 Å². The second-order valence-corrected chi connectivity index (χ2v) is 8.32. The first kappa shape index (κ1) is 19.0. The predicted molar refractivity (Wildman–Crippen MR) is 114 cm³/mol. The number of nitrogens with zero attached hydrogens (tertiary/aromatic N) is 3. The zero-order valence-electron chi connectivity index (χ0n) is 17.1. The van der Waals surface area contributed by atoms with E-state index in [1.165, 1.54) is 12.7 Å². The van der Waals surface area contributed by atoms with Gasteiger partial charge in [-0.3, -0.25) is 9.69 Å². The molecule has 3 saturated heterocycles. The Bertz CT molecular complexity index is 1020. The van der Waals surface area contributed by atoms with Gasteiger partial charge in [-0.25, -0.2) is 9.97 Å². The molecular formula is C24H26N4O2. The molecule has 0 spiro atoms. The highest BCUT2D eigenvalue weighted by Gasteiger charge is 2.41. The topological polar surface area (TPSA) is 71.3 Å². The Morgan fingerprint density at radius 2 is 2.07 bits per heavy atom. The lowest BCUT2D eigenvalue weighted by molar-refractivity contribution is 0.0288. The van der Waals surface area contributed by atoms with Crippen LogP contribution in [0.15, 0.2) is 59.2 Å². The first-order valence-corrected chi connectivity index (χ1v) is 10.6. The molecule has 5 heterocycles. The quantitative estimate of drug-likeness (QED) is 0.705. The average molecular weight is 402 g/mol. The minimum Gasteiger partial charge on any atom is -0.459 e. The van der Waals surface area contributed by atoms with Crippen LogP contribution in [0.4, 0.5) is 0 Å². The van der Waals surface area contributed by atoms with E-state index < -0.39 is 0 Å². The first-order valence-electron chi connectivity index (χ1n) is 10.6. The fourth-order valence-electron chi connectivity index (χ4n) is 4.93. The number of hydrogen-bond donors (Lipinski definition) is 1. The fraction of sp³-hybridized carbons (Fsp3) is 0.375. The predicted octanol–water partition coefficient (Wildman–Crippen LogP) is 3.65. The Morgan fingerprint density at radius 1 is 1.20 bits per heavy atom. The van der Waals surface area contributed by atoms with Crippen LogP contribution >= 0.6 is 0 Å². The normalized spacial score (nSPS) is 25.2. The van der Waals surface area contributed by atoms with Gasteiger partial charge in [0.15, 0.2) is 5.76 Å². The molecule has 2 bridgehead atoms. The van der Waals surface area contributed by atoms with Crippen LogP contribution in [0, 0.1) is 12.8 Å². The Hall–Kier alpha value is -2.99. The highest BCUT2D eigenvalue weighted by Crippen LogP contribution is 2.41. The average Bonchev–Trinajstić information content (AvgIpc) is 3.33. The van der Waals surface area contributed by atoms with Gasteiger partial charge in [-0.2, -0.15) is 0 Å². The maximum absolute atomic E-state index is 12.2. The number of furan rings is 1. The molecule has 0 aliphatic carbocycles. The van der Waals surface area contributed by atoms with E-state index in [4.69, 9.17) is 9.40 Å². The molecule has 0 radical (unpaired) electrons. The summed E-state index contributed by atoms with van der Waals surface area (Å²) in [6, 6.07) is 16.3. The standard InChI is InChI=1S/C24H26N4O2/c1-16-26-21(17-6-3-2-4-7-17)13-22(27-16)20-15-28-10-9-18(20)12-19(28)14-25-24(29)23-8-5-11-30-23/h2-8,11,13,18-20H,9-10,12,14-15H2,1H3,(H,25,29). The summed E-state index contributed by atoms with van der Waals surface area (Å²) in [5.41, 5.74) is 3.27. The zero-order valence-corrected chi connectivity index (χ0v) is 17.1. The van der Waals surface area contributed by atoms with Crippen molar-refractivity contribution in [1.82, 2.24) is 20.2 Å². The van der Waals surface area contributed by atoms with Crippen molar-refractivity contribution in [3.05, 3.63) is 72.1 Å². The van der Waals surface area contributed by atoms with Gasteiger partial charge in [-0.1, -0.05) is 30.3 Å². The molecule has 30 heavy (non-hydrogen) atoms. The molecule has 1 N–H and O–H groups in total. The monoisotopic (exact) mass is 402 g/mol. The molecule has 6 heteroatoms. The number of amides is 1. The van der Waals surface area contributed by atoms with E-state index in [1.807, 2.05) is 25.1 Å². The van der Waals surface area contributed by atoms with E-state index in [0.717, 1.165) is 42.3 Å². The molecule has 4 atom stereocenters. The number of nitrogens with one attached hydrogen (secondary N) is 1. The van der Waals surface area contributed by atoms with Gasteiger partial charge in [0.05, 0.1) is 12.0 Å². The summed E-state index contributed by atoms with van der Waals surface area (Å²) in [6.45, 7) is 4.69. The first-order chi connectivity index (χ1) is 14.7. The molecule has 1 amide bonds. The zero-order chi connectivity index (χ0) is 20.5. The smallest absolute Gasteiger partial charge is 0.287 e. The number of hydrogen-bond acceptors (Lipinski definition) is 5. The van der Waals surface area contributed by atoms with Gasteiger partial charge in [0.2, 0.25) is 0 Å². The number of rotatable bonds is 5. The van der Waals surface area contributed by atoms with Crippen LogP contribution in [0.25, 0.3) is 11.3 Å². The molecule has 4 unspecified atom stereocenters. The molecule has 2 aromatic heterocycles. The Labute approximate surface area is 176 Å². The number of carbonyl (C=O) groups is 1. The molecule has 6 rings (SSSR count). The van der Waals surface area contributed by atoms with Gasteiger partial charge in [0, 0.05) is 36.3 Å². The van der Waals surface area contributed by atoms with Crippen LogP contribution in [-0.4, -0.2) is 46.5 Å². The molecule has 154 valence electrons. The van der Waals surface area contributed by atoms with Gasteiger partial charge in [0.25, 0.3) is 5.91 Å². The molecule has 1 aromatic carbocycles. The third-order valence-electron chi connectivity index (χ3n) is 6.43. The van der Waals surface area contributed by atoms with Crippen LogP contribution in [0.3, 0.4) is 0 Å². The van der Waals surface area contributed by atoms with Crippen molar-refractivity contribution in [2.24, 2.45) is 5.92 Å². The van der Waals surface area contributed by atoms with Gasteiger partial charge < -0.3 is 9.73 Å². The van der Waals surface area contributed by atoms with Gasteiger partial charge in [-0.05, 0) is 50.4 Å². The van der Waals surface area contributed by atoms with E-state index in [2.05, 4.69) is 33.4 Å². The van der Waals surface area contributed by atoms with Crippen molar-refractivity contribution in [2.45, 2.75) is 31.7 Å². The maximum Gasteiger partial charge on any atom is 0.287 e. The van der Waals surface area contributed by atoms with Crippen LogP contribution in [0.2, 0.25) is 0 Å². The second kappa shape index (κ2) is 8.03. The van der Waals surface area contributed by atoms with E-state index in [0.29, 0.717) is 30.2 Å². The SMILES string of the molecule is Cc1nc(-c2ccccc2)cc(C2CN3CCC2CC3CNC(=O)c2ccco2)n1. The van der Waals surface area contributed by atoms with Crippen molar-refractivity contribution >= 4 is 5.91 Å². The molecule has 6 nitrogen and oxygen atoms in total. The highest BCUT2D eigenvalue weighted by atomic mass is 16.3. The highest BCUT2D eigenvalue weighted by molar-refractivity contribution is 5.91. The number of carbonyl (C=O) groups excluding carboxylic acids is 1. The van der Waals surface area contributed by atoms with E-state index in [1.54, 1.807) is 12.1 Å². The third-order valence-corrected chi connectivity index (χ3v) is 6.43. The van der Waals surface area contributed by atoms with E-state index in [9.17, 15) is 4.79 Å².